The molecule has 0 saturated carbocycles. The molecule has 1 aliphatic heterocycles. The maximum Gasteiger partial charge on any atom is 0.321 e. The molecule has 3 N–H and O–H groups in total. The average molecular weight is 229 g/mol. The molecule has 1 unspecified atom stereocenters. The summed E-state index contributed by atoms with van der Waals surface area (Å²) in [5.74, 6) is -0.919. The van der Waals surface area contributed by atoms with Crippen LogP contribution in [0.15, 0.2) is 0 Å². The van der Waals surface area contributed by atoms with Gasteiger partial charge in [0, 0.05) is 12.6 Å². The second-order valence-corrected chi connectivity index (χ2v) is 4.55. The Hall–Kier alpha value is -0.650. The van der Waals surface area contributed by atoms with Crippen LogP contribution in [0.25, 0.3) is 0 Å². The number of carbonyl (C=O) groups is 1. The van der Waals surface area contributed by atoms with E-state index in [9.17, 15) is 4.79 Å². The van der Waals surface area contributed by atoms with Crippen LogP contribution in [0.1, 0.15) is 19.8 Å². The molecular formula is C11H23N3O2. The number of piperidine rings is 1. The fraction of sp³-hybridized carbons (Fsp3) is 0.909. The summed E-state index contributed by atoms with van der Waals surface area (Å²) in [5.41, 5.74) is 5.53. The minimum Gasteiger partial charge on any atom is -0.480 e. The van der Waals surface area contributed by atoms with E-state index in [1.54, 1.807) is 0 Å². The maximum atomic E-state index is 10.7. The normalized spacial score (nSPS) is 21.2. The largest absolute Gasteiger partial charge is 0.480 e. The van der Waals surface area contributed by atoms with Crippen molar-refractivity contribution in [3.63, 3.8) is 0 Å². The van der Waals surface area contributed by atoms with E-state index in [0.29, 0.717) is 12.6 Å². The Labute approximate surface area is 97.2 Å². The Morgan fingerprint density at radius 1 is 1.56 bits per heavy atom. The van der Waals surface area contributed by atoms with Gasteiger partial charge in [0.05, 0.1) is 0 Å². The van der Waals surface area contributed by atoms with Gasteiger partial charge in [0.15, 0.2) is 0 Å². The number of rotatable bonds is 5. The molecule has 0 aliphatic carbocycles. The zero-order valence-corrected chi connectivity index (χ0v) is 10.2. The number of aliphatic carboxylic acids is 1. The molecule has 0 radical (unpaired) electrons. The van der Waals surface area contributed by atoms with Gasteiger partial charge in [-0.2, -0.15) is 0 Å². The predicted molar refractivity (Wildman–Crippen MR) is 63.4 cm³/mol. The van der Waals surface area contributed by atoms with Gasteiger partial charge in [-0.1, -0.05) is 6.92 Å². The van der Waals surface area contributed by atoms with Gasteiger partial charge < -0.3 is 20.6 Å². The number of nitrogens with zero attached hydrogens (tertiary/aromatic N) is 2. The average Bonchev–Trinajstić information content (AvgIpc) is 2.28. The van der Waals surface area contributed by atoms with Crippen molar-refractivity contribution in [1.29, 1.82) is 0 Å². The SMILES string of the molecule is CCN1CCC(N(C)CC(N)C(=O)O)CC1. The number of carboxylic acids is 1. The van der Waals surface area contributed by atoms with Gasteiger partial charge in [-0.25, -0.2) is 0 Å². The molecule has 5 heteroatoms. The highest BCUT2D eigenvalue weighted by molar-refractivity contribution is 5.73. The number of nitrogens with two attached hydrogens (primary N) is 1. The quantitative estimate of drug-likeness (QED) is 0.684. The molecule has 1 heterocycles. The van der Waals surface area contributed by atoms with Gasteiger partial charge in [-0.3, -0.25) is 4.79 Å². The second-order valence-electron chi connectivity index (χ2n) is 4.55. The van der Waals surface area contributed by atoms with Crippen molar-refractivity contribution >= 4 is 5.97 Å². The lowest BCUT2D eigenvalue weighted by molar-refractivity contribution is -0.139. The van der Waals surface area contributed by atoms with Crippen LogP contribution in [-0.4, -0.2) is 66.2 Å². The molecule has 0 bridgehead atoms. The van der Waals surface area contributed by atoms with Crippen LogP contribution in [0.2, 0.25) is 0 Å². The van der Waals surface area contributed by atoms with E-state index < -0.39 is 12.0 Å². The van der Waals surface area contributed by atoms with Gasteiger partial charge in [0.2, 0.25) is 0 Å². The van der Waals surface area contributed by atoms with Crippen molar-refractivity contribution in [2.45, 2.75) is 31.8 Å². The third kappa shape index (κ3) is 3.73. The lowest BCUT2D eigenvalue weighted by Gasteiger charge is -2.36. The maximum absolute atomic E-state index is 10.7. The summed E-state index contributed by atoms with van der Waals surface area (Å²) in [6.45, 7) is 5.92. The molecule has 5 nitrogen and oxygen atoms in total. The Bertz CT molecular complexity index is 227. The van der Waals surface area contributed by atoms with Crippen LogP contribution >= 0.6 is 0 Å². The van der Waals surface area contributed by atoms with Gasteiger partial charge in [0.1, 0.15) is 6.04 Å². The van der Waals surface area contributed by atoms with E-state index in [-0.39, 0.29) is 0 Å². The lowest BCUT2D eigenvalue weighted by Crippen LogP contribution is -2.48. The number of likely N-dealkylation sites (tertiary alicyclic amines) is 1. The highest BCUT2D eigenvalue weighted by Crippen LogP contribution is 2.14. The highest BCUT2D eigenvalue weighted by Gasteiger charge is 2.24. The molecule has 94 valence electrons. The first-order chi connectivity index (χ1) is 7.54. The number of likely N-dealkylation sites (N-methyl/N-ethyl adjacent to an activating group) is 1. The second kappa shape index (κ2) is 6.18. The summed E-state index contributed by atoms with van der Waals surface area (Å²) >= 11 is 0. The van der Waals surface area contributed by atoms with E-state index in [2.05, 4.69) is 16.7 Å². The molecule has 0 spiro atoms. The number of hydrogen-bond donors (Lipinski definition) is 2. The monoisotopic (exact) mass is 229 g/mol. The molecule has 0 aromatic carbocycles. The molecule has 1 aliphatic rings. The Morgan fingerprint density at radius 2 is 2.12 bits per heavy atom. The predicted octanol–water partition coefficient (Wildman–Crippen LogP) is -0.186. The van der Waals surface area contributed by atoms with Crippen molar-refractivity contribution in [3.05, 3.63) is 0 Å². The van der Waals surface area contributed by atoms with Crippen LogP contribution in [0.3, 0.4) is 0 Å². The summed E-state index contributed by atoms with van der Waals surface area (Å²) in [6, 6.07) is -0.289. The van der Waals surface area contributed by atoms with Gasteiger partial charge >= 0.3 is 5.97 Å². The van der Waals surface area contributed by atoms with Gasteiger partial charge in [-0.15, -0.1) is 0 Å². The van der Waals surface area contributed by atoms with Crippen LogP contribution in [0, 0.1) is 0 Å². The molecule has 1 rings (SSSR count). The fourth-order valence-electron chi connectivity index (χ4n) is 2.21. The zero-order chi connectivity index (χ0) is 12.1. The summed E-state index contributed by atoms with van der Waals surface area (Å²) < 4.78 is 0. The third-order valence-corrected chi connectivity index (χ3v) is 3.43. The van der Waals surface area contributed by atoms with Crippen molar-refractivity contribution < 1.29 is 9.90 Å². The smallest absolute Gasteiger partial charge is 0.321 e. The van der Waals surface area contributed by atoms with E-state index >= 15 is 0 Å². The van der Waals surface area contributed by atoms with Crippen molar-refractivity contribution in [1.82, 2.24) is 9.80 Å². The Kier molecular flexibility index (Phi) is 5.18. The minimum atomic E-state index is -0.919. The van der Waals surface area contributed by atoms with Crippen molar-refractivity contribution in [2.75, 3.05) is 33.2 Å². The molecular weight excluding hydrogens is 206 g/mol. The van der Waals surface area contributed by atoms with E-state index in [1.165, 1.54) is 0 Å². The molecule has 1 atom stereocenters. The van der Waals surface area contributed by atoms with Crippen LogP contribution < -0.4 is 5.73 Å². The summed E-state index contributed by atoms with van der Waals surface area (Å²) in [5, 5.41) is 8.75. The van der Waals surface area contributed by atoms with Crippen LogP contribution in [0.5, 0.6) is 0 Å². The molecule has 1 saturated heterocycles. The third-order valence-electron chi connectivity index (χ3n) is 3.43. The standard InChI is InChI=1S/C11H23N3O2/c1-3-14-6-4-9(5-7-14)13(2)8-10(12)11(15)16/h9-10H,3-8,12H2,1-2H3,(H,15,16). The minimum absolute atomic E-state index is 0.437. The zero-order valence-electron chi connectivity index (χ0n) is 10.2. The first-order valence-electron chi connectivity index (χ1n) is 5.95. The lowest BCUT2D eigenvalue weighted by atomic mass is 10.0. The highest BCUT2D eigenvalue weighted by atomic mass is 16.4. The van der Waals surface area contributed by atoms with Crippen LogP contribution in [0.4, 0.5) is 0 Å². The first kappa shape index (κ1) is 13.4. The summed E-state index contributed by atoms with van der Waals surface area (Å²) in [4.78, 5) is 15.2. The summed E-state index contributed by atoms with van der Waals surface area (Å²) in [6.07, 6.45) is 2.22. The van der Waals surface area contributed by atoms with E-state index in [1.807, 2.05) is 7.05 Å². The first-order valence-corrected chi connectivity index (χ1v) is 5.95. The molecule has 0 amide bonds. The van der Waals surface area contributed by atoms with Crippen molar-refractivity contribution in [2.24, 2.45) is 5.73 Å². The topological polar surface area (TPSA) is 69.8 Å². The number of carboxylic acid groups (broad SMARTS) is 1. The van der Waals surface area contributed by atoms with Gasteiger partial charge in [0.25, 0.3) is 0 Å². The Balaban J connectivity index is 2.33. The molecule has 0 aromatic heterocycles. The van der Waals surface area contributed by atoms with Crippen LogP contribution in [-0.2, 0) is 4.79 Å². The molecule has 0 aromatic rings. The Morgan fingerprint density at radius 3 is 2.56 bits per heavy atom. The molecule has 16 heavy (non-hydrogen) atoms. The fourth-order valence-corrected chi connectivity index (χ4v) is 2.21. The van der Waals surface area contributed by atoms with Gasteiger partial charge in [-0.05, 0) is 39.5 Å². The van der Waals surface area contributed by atoms with Crippen molar-refractivity contribution in [3.8, 4) is 0 Å². The van der Waals surface area contributed by atoms with E-state index in [0.717, 1.165) is 32.5 Å². The number of hydrogen-bond acceptors (Lipinski definition) is 4. The van der Waals surface area contributed by atoms with E-state index in [4.69, 9.17) is 10.8 Å². The molecule has 1 fully saturated rings. The summed E-state index contributed by atoms with van der Waals surface area (Å²) in [7, 11) is 1.97.